The molecule has 6 nitrogen and oxygen atoms in total. The van der Waals surface area contributed by atoms with E-state index in [4.69, 9.17) is 0 Å². The number of halogens is 2. The topological polar surface area (TPSA) is 76.3 Å². The number of aromatic nitrogens is 2. The number of anilines is 1. The maximum absolute atomic E-state index is 14.0. The molecule has 150 valence electrons. The van der Waals surface area contributed by atoms with Crippen molar-refractivity contribution in [3.63, 3.8) is 0 Å². The Hall–Kier alpha value is -3.42. The fourth-order valence-corrected chi connectivity index (χ4v) is 3.00. The first kappa shape index (κ1) is 20.3. The summed E-state index contributed by atoms with van der Waals surface area (Å²) in [6, 6.07) is 8.94. The van der Waals surface area contributed by atoms with Crippen LogP contribution in [0.3, 0.4) is 0 Å². The molecule has 3 rings (SSSR count). The number of carbonyl (C=O) groups is 1. The third-order valence-electron chi connectivity index (χ3n) is 4.65. The van der Waals surface area contributed by atoms with E-state index < -0.39 is 17.5 Å². The monoisotopic (exact) mass is 398 g/mol. The lowest BCUT2D eigenvalue weighted by molar-refractivity contribution is 0.102. The second-order valence-corrected chi connectivity index (χ2v) is 6.53. The molecule has 0 radical (unpaired) electrons. The SMILES string of the molecule is CCc1cc(-c2ccc(C(=O)Nc3ccc(C)c(F)c3F)cc2N=O)n(CC)n1. The Morgan fingerprint density at radius 1 is 1.14 bits per heavy atom. The van der Waals surface area contributed by atoms with Crippen molar-refractivity contribution >= 4 is 17.3 Å². The number of nitroso groups, excluding NO2 is 1. The van der Waals surface area contributed by atoms with Crippen molar-refractivity contribution in [2.45, 2.75) is 33.7 Å². The van der Waals surface area contributed by atoms with Crippen molar-refractivity contribution in [3.05, 3.63) is 69.8 Å². The molecular weight excluding hydrogens is 378 g/mol. The van der Waals surface area contributed by atoms with Gasteiger partial charge >= 0.3 is 0 Å². The predicted molar refractivity (Wildman–Crippen MR) is 107 cm³/mol. The minimum atomic E-state index is -1.14. The van der Waals surface area contributed by atoms with E-state index in [0.717, 1.165) is 17.8 Å². The van der Waals surface area contributed by atoms with Gasteiger partial charge in [0.15, 0.2) is 11.6 Å². The van der Waals surface area contributed by atoms with Crippen molar-refractivity contribution in [1.29, 1.82) is 0 Å². The molecule has 0 aliphatic heterocycles. The molecule has 0 atom stereocenters. The fourth-order valence-electron chi connectivity index (χ4n) is 3.00. The molecule has 29 heavy (non-hydrogen) atoms. The van der Waals surface area contributed by atoms with Gasteiger partial charge < -0.3 is 5.32 Å². The Morgan fingerprint density at radius 3 is 2.55 bits per heavy atom. The van der Waals surface area contributed by atoms with Gasteiger partial charge in [-0.15, -0.1) is 4.91 Å². The Bertz CT molecular complexity index is 1090. The first-order valence-corrected chi connectivity index (χ1v) is 9.20. The lowest BCUT2D eigenvalue weighted by Crippen LogP contribution is -2.14. The van der Waals surface area contributed by atoms with Gasteiger partial charge in [0.05, 0.1) is 17.1 Å². The van der Waals surface area contributed by atoms with Crippen LogP contribution in [0.1, 0.15) is 35.5 Å². The summed E-state index contributed by atoms with van der Waals surface area (Å²) in [5, 5.41) is 9.83. The first-order valence-electron chi connectivity index (χ1n) is 9.20. The van der Waals surface area contributed by atoms with Crippen LogP contribution in [0.4, 0.5) is 20.2 Å². The minimum Gasteiger partial charge on any atom is -0.319 e. The van der Waals surface area contributed by atoms with E-state index in [1.54, 1.807) is 10.7 Å². The first-order chi connectivity index (χ1) is 13.9. The van der Waals surface area contributed by atoms with Gasteiger partial charge in [-0.2, -0.15) is 5.10 Å². The molecule has 1 aromatic heterocycles. The smallest absolute Gasteiger partial charge is 0.255 e. The van der Waals surface area contributed by atoms with E-state index in [0.29, 0.717) is 12.1 Å². The van der Waals surface area contributed by atoms with Gasteiger partial charge in [0.1, 0.15) is 5.69 Å². The van der Waals surface area contributed by atoms with E-state index in [9.17, 15) is 18.5 Å². The molecule has 1 heterocycles. The quantitative estimate of drug-likeness (QED) is 0.567. The van der Waals surface area contributed by atoms with Crippen molar-refractivity contribution in [3.8, 4) is 11.3 Å². The number of aryl methyl sites for hydroxylation is 3. The number of benzene rings is 2. The maximum Gasteiger partial charge on any atom is 0.255 e. The van der Waals surface area contributed by atoms with Gasteiger partial charge in [0.25, 0.3) is 5.91 Å². The fraction of sp³-hybridized carbons (Fsp3) is 0.238. The molecule has 1 amide bonds. The van der Waals surface area contributed by atoms with Crippen LogP contribution in [0, 0.1) is 23.5 Å². The molecule has 0 bridgehead atoms. The van der Waals surface area contributed by atoms with Crippen molar-refractivity contribution < 1.29 is 13.6 Å². The summed E-state index contributed by atoms with van der Waals surface area (Å²) >= 11 is 0. The zero-order valence-corrected chi connectivity index (χ0v) is 16.3. The van der Waals surface area contributed by atoms with Gasteiger partial charge in [0, 0.05) is 17.7 Å². The van der Waals surface area contributed by atoms with E-state index in [1.165, 1.54) is 31.2 Å². The number of carbonyl (C=O) groups excluding carboxylic acids is 1. The third-order valence-corrected chi connectivity index (χ3v) is 4.65. The summed E-state index contributed by atoms with van der Waals surface area (Å²) in [5.74, 6) is -2.84. The van der Waals surface area contributed by atoms with Gasteiger partial charge in [-0.05, 0) is 61.3 Å². The van der Waals surface area contributed by atoms with Gasteiger partial charge in [-0.3, -0.25) is 9.48 Å². The van der Waals surface area contributed by atoms with E-state index in [-0.39, 0.29) is 22.5 Å². The molecule has 0 spiro atoms. The molecule has 0 saturated heterocycles. The maximum atomic E-state index is 14.0. The highest BCUT2D eigenvalue weighted by Gasteiger charge is 2.18. The summed E-state index contributed by atoms with van der Waals surface area (Å²) in [4.78, 5) is 23.9. The molecule has 0 unspecified atom stereocenters. The lowest BCUT2D eigenvalue weighted by Gasteiger charge is -2.10. The Labute approximate surface area is 166 Å². The zero-order valence-electron chi connectivity index (χ0n) is 16.3. The van der Waals surface area contributed by atoms with Crippen LogP contribution in [-0.2, 0) is 13.0 Å². The van der Waals surface area contributed by atoms with Crippen LogP contribution >= 0.6 is 0 Å². The highest BCUT2D eigenvalue weighted by atomic mass is 19.2. The number of rotatable bonds is 6. The van der Waals surface area contributed by atoms with Crippen LogP contribution in [-0.4, -0.2) is 15.7 Å². The third kappa shape index (κ3) is 3.91. The number of amides is 1. The second kappa shape index (κ2) is 8.30. The van der Waals surface area contributed by atoms with Crippen molar-refractivity contribution in [2.75, 3.05) is 5.32 Å². The molecule has 0 aliphatic rings. The number of nitrogens with zero attached hydrogens (tertiary/aromatic N) is 3. The van der Waals surface area contributed by atoms with Crippen LogP contribution in [0.25, 0.3) is 11.3 Å². The average Bonchev–Trinajstić information content (AvgIpc) is 3.17. The Kier molecular flexibility index (Phi) is 5.81. The average molecular weight is 398 g/mol. The molecule has 0 fully saturated rings. The minimum absolute atomic E-state index is 0.0606. The Morgan fingerprint density at radius 2 is 1.90 bits per heavy atom. The largest absolute Gasteiger partial charge is 0.319 e. The van der Waals surface area contributed by atoms with Crippen LogP contribution in [0.15, 0.2) is 41.6 Å². The zero-order chi connectivity index (χ0) is 21.1. The molecule has 1 N–H and O–H groups in total. The molecule has 3 aromatic rings. The summed E-state index contributed by atoms with van der Waals surface area (Å²) in [5.41, 5.74) is 2.15. The normalized spacial score (nSPS) is 10.8. The van der Waals surface area contributed by atoms with Crippen LogP contribution < -0.4 is 5.32 Å². The molecular formula is C21H20F2N4O2. The molecule has 2 aromatic carbocycles. The molecule has 0 aliphatic carbocycles. The van der Waals surface area contributed by atoms with Gasteiger partial charge in [0.2, 0.25) is 0 Å². The van der Waals surface area contributed by atoms with E-state index in [2.05, 4.69) is 15.6 Å². The second-order valence-electron chi connectivity index (χ2n) is 6.53. The predicted octanol–water partition coefficient (Wildman–Crippen LogP) is 5.37. The summed E-state index contributed by atoms with van der Waals surface area (Å²) in [7, 11) is 0. The number of hydrogen-bond donors (Lipinski definition) is 1. The summed E-state index contributed by atoms with van der Waals surface area (Å²) < 4.78 is 29.5. The molecule has 0 saturated carbocycles. The van der Waals surface area contributed by atoms with Crippen molar-refractivity contribution in [1.82, 2.24) is 9.78 Å². The van der Waals surface area contributed by atoms with Gasteiger partial charge in [-0.1, -0.05) is 13.0 Å². The summed E-state index contributed by atoms with van der Waals surface area (Å²) in [6.07, 6.45) is 0.739. The number of nitrogens with one attached hydrogen (secondary N) is 1. The van der Waals surface area contributed by atoms with E-state index >= 15 is 0 Å². The molecule has 8 heteroatoms. The highest BCUT2D eigenvalue weighted by molar-refractivity contribution is 6.05. The Balaban J connectivity index is 1.95. The van der Waals surface area contributed by atoms with Crippen molar-refractivity contribution in [2.24, 2.45) is 5.18 Å². The highest BCUT2D eigenvalue weighted by Crippen LogP contribution is 2.32. The summed E-state index contributed by atoms with van der Waals surface area (Å²) in [6.45, 7) is 5.94. The number of hydrogen-bond acceptors (Lipinski definition) is 4. The van der Waals surface area contributed by atoms with Crippen LogP contribution in [0.5, 0.6) is 0 Å². The standard InChI is InChI=1S/C21H20F2N4O2/c1-4-14-11-18(27(5-2)25-14)15-8-7-13(10-17(15)26-29)21(28)24-16-9-6-12(3)19(22)20(16)23/h6-11H,4-5H2,1-3H3,(H,24,28). The lowest BCUT2D eigenvalue weighted by atomic mass is 10.0. The van der Waals surface area contributed by atoms with E-state index in [1.807, 2.05) is 19.9 Å². The van der Waals surface area contributed by atoms with Gasteiger partial charge in [-0.25, -0.2) is 8.78 Å². The van der Waals surface area contributed by atoms with Crippen LogP contribution in [0.2, 0.25) is 0 Å².